The molecule has 2 N–H and O–H groups in total. The summed E-state index contributed by atoms with van der Waals surface area (Å²) in [7, 11) is -1.90. The van der Waals surface area contributed by atoms with Crippen LogP contribution in [0.15, 0.2) is 30.3 Å². The summed E-state index contributed by atoms with van der Waals surface area (Å²) in [5.74, 6) is -0.113. The standard InChI is InChI=1S/C16H17FN2O3S2/c1-9-16(18)19-13(8-24(9,20)21)15-12(17)7-14(23-15)10-4-3-5-11(6-10)22-2/h3-7,9,13H,8H2,1-2H3,(H2,18,19). The van der Waals surface area contributed by atoms with Gasteiger partial charge in [-0.1, -0.05) is 12.1 Å². The van der Waals surface area contributed by atoms with E-state index in [1.807, 2.05) is 12.1 Å². The summed E-state index contributed by atoms with van der Waals surface area (Å²) in [4.78, 5) is 0.985. The van der Waals surface area contributed by atoms with E-state index in [-0.39, 0.29) is 11.6 Å². The summed E-state index contributed by atoms with van der Waals surface area (Å²) >= 11 is 1.19. The van der Waals surface area contributed by atoms with Gasteiger partial charge in [-0.15, -0.1) is 11.3 Å². The second-order valence-electron chi connectivity index (χ2n) is 5.64. The Hall–Kier alpha value is -1.93. The number of nitrogens with one attached hydrogen (secondary N) is 2. The van der Waals surface area contributed by atoms with E-state index < -0.39 is 26.9 Å². The van der Waals surface area contributed by atoms with Gasteiger partial charge in [-0.05, 0) is 30.7 Å². The average Bonchev–Trinajstić information content (AvgIpc) is 2.94. The number of thiophene rings is 1. The summed E-state index contributed by atoms with van der Waals surface area (Å²) in [5.41, 5.74) is 0.798. The summed E-state index contributed by atoms with van der Waals surface area (Å²) in [6.45, 7) is 1.47. The van der Waals surface area contributed by atoms with Crippen molar-refractivity contribution in [3.63, 3.8) is 0 Å². The van der Waals surface area contributed by atoms with Crippen LogP contribution >= 0.6 is 11.3 Å². The minimum Gasteiger partial charge on any atom is -0.497 e. The van der Waals surface area contributed by atoms with Crippen LogP contribution in [0.25, 0.3) is 10.4 Å². The molecule has 5 nitrogen and oxygen atoms in total. The molecular formula is C16H17FN2O3S2. The molecule has 2 heterocycles. The molecule has 1 aromatic carbocycles. The van der Waals surface area contributed by atoms with Crippen molar-refractivity contribution in [2.75, 3.05) is 12.9 Å². The molecule has 2 aromatic rings. The van der Waals surface area contributed by atoms with Crippen LogP contribution in [0.5, 0.6) is 5.75 Å². The Morgan fingerprint density at radius 3 is 2.79 bits per heavy atom. The van der Waals surface area contributed by atoms with Gasteiger partial charge in [-0.2, -0.15) is 0 Å². The van der Waals surface area contributed by atoms with Crippen LogP contribution < -0.4 is 10.1 Å². The molecule has 0 spiro atoms. The summed E-state index contributed by atoms with van der Waals surface area (Å²) < 4.78 is 43.9. The minimum absolute atomic E-state index is 0.0954. The lowest BCUT2D eigenvalue weighted by Crippen LogP contribution is -2.48. The van der Waals surface area contributed by atoms with Gasteiger partial charge in [0.25, 0.3) is 0 Å². The maximum absolute atomic E-state index is 14.4. The Balaban J connectivity index is 1.96. The van der Waals surface area contributed by atoms with Gasteiger partial charge in [-0.25, -0.2) is 12.8 Å². The number of hydrogen-bond acceptors (Lipinski definition) is 5. The lowest BCUT2D eigenvalue weighted by atomic mass is 10.1. The number of rotatable bonds is 3. The number of hydrogen-bond donors (Lipinski definition) is 2. The molecule has 1 aliphatic heterocycles. The van der Waals surface area contributed by atoms with Crippen LogP contribution in [-0.2, 0) is 9.84 Å². The second kappa shape index (κ2) is 6.18. The van der Waals surface area contributed by atoms with Gasteiger partial charge in [0.2, 0.25) is 0 Å². The third kappa shape index (κ3) is 3.03. The molecule has 8 heteroatoms. The van der Waals surface area contributed by atoms with Crippen molar-refractivity contribution in [2.45, 2.75) is 18.2 Å². The zero-order valence-electron chi connectivity index (χ0n) is 13.2. The summed E-state index contributed by atoms with van der Waals surface area (Å²) in [6.07, 6.45) is 0. The van der Waals surface area contributed by atoms with Crippen molar-refractivity contribution in [1.29, 1.82) is 5.41 Å². The monoisotopic (exact) mass is 368 g/mol. The Labute approximate surface area is 143 Å². The summed E-state index contributed by atoms with van der Waals surface area (Å²) in [6, 6.07) is 7.91. The lowest BCUT2D eigenvalue weighted by Gasteiger charge is -2.28. The van der Waals surface area contributed by atoms with E-state index in [9.17, 15) is 12.8 Å². The predicted octanol–water partition coefficient (Wildman–Crippen LogP) is 2.99. The molecule has 2 unspecified atom stereocenters. The highest BCUT2D eigenvalue weighted by Gasteiger charge is 2.37. The number of methoxy groups -OCH3 is 1. The molecule has 1 aromatic heterocycles. The number of amidine groups is 1. The molecule has 0 bridgehead atoms. The molecule has 3 rings (SSSR count). The van der Waals surface area contributed by atoms with E-state index >= 15 is 0 Å². The van der Waals surface area contributed by atoms with Crippen molar-refractivity contribution in [3.8, 4) is 16.2 Å². The highest BCUT2D eigenvalue weighted by atomic mass is 32.2. The Bertz CT molecular complexity index is 892. The van der Waals surface area contributed by atoms with Crippen LogP contribution in [0.3, 0.4) is 0 Å². The first kappa shape index (κ1) is 16.9. The van der Waals surface area contributed by atoms with E-state index in [2.05, 4.69) is 5.32 Å². The molecule has 2 atom stereocenters. The smallest absolute Gasteiger partial charge is 0.162 e. The molecular weight excluding hydrogens is 351 g/mol. The van der Waals surface area contributed by atoms with Gasteiger partial charge in [0.05, 0.1) is 23.8 Å². The topological polar surface area (TPSA) is 79.2 Å². The van der Waals surface area contributed by atoms with Gasteiger partial charge >= 0.3 is 0 Å². The number of halogens is 1. The van der Waals surface area contributed by atoms with E-state index in [0.717, 1.165) is 5.56 Å². The first-order valence-electron chi connectivity index (χ1n) is 7.32. The third-order valence-electron chi connectivity index (χ3n) is 4.06. The molecule has 1 saturated heterocycles. The van der Waals surface area contributed by atoms with Gasteiger partial charge < -0.3 is 10.1 Å². The largest absolute Gasteiger partial charge is 0.497 e. The fourth-order valence-electron chi connectivity index (χ4n) is 2.58. The van der Waals surface area contributed by atoms with Gasteiger partial charge in [0, 0.05) is 4.88 Å². The Morgan fingerprint density at radius 2 is 2.12 bits per heavy atom. The first-order valence-corrected chi connectivity index (χ1v) is 9.85. The molecule has 0 saturated carbocycles. The normalized spacial score (nSPS) is 22.9. The van der Waals surface area contributed by atoms with Crippen LogP contribution in [0.2, 0.25) is 0 Å². The predicted molar refractivity (Wildman–Crippen MR) is 93.1 cm³/mol. The fourth-order valence-corrected chi connectivity index (χ4v) is 5.20. The summed E-state index contributed by atoms with van der Waals surface area (Å²) in [5, 5.41) is 9.74. The average molecular weight is 368 g/mol. The molecule has 0 radical (unpaired) electrons. The highest BCUT2D eigenvalue weighted by Crippen LogP contribution is 2.37. The van der Waals surface area contributed by atoms with E-state index in [1.54, 1.807) is 19.2 Å². The zero-order valence-corrected chi connectivity index (χ0v) is 14.8. The quantitative estimate of drug-likeness (QED) is 0.873. The van der Waals surface area contributed by atoms with Crippen molar-refractivity contribution in [3.05, 3.63) is 41.0 Å². The Kier molecular flexibility index (Phi) is 4.35. The van der Waals surface area contributed by atoms with Crippen molar-refractivity contribution < 1.29 is 17.5 Å². The van der Waals surface area contributed by atoms with E-state index in [1.165, 1.54) is 24.3 Å². The fraction of sp³-hybridized carbons (Fsp3) is 0.312. The van der Waals surface area contributed by atoms with Crippen LogP contribution in [0.1, 0.15) is 17.8 Å². The van der Waals surface area contributed by atoms with E-state index in [4.69, 9.17) is 10.1 Å². The number of sulfone groups is 1. The molecule has 1 fully saturated rings. The second-order valence-corrected chi connectivity index (χ2v) is 9.09. The molecule has 0 amide bonds. The lowest BCUT2D eigenvalue weighted by molar-refractivity contribution is 0.415. The van der Waals surface area contributed by atoms with Gasteiger partial charge in [0.1, 0.15) is 22.7 Å². The SMILES string of the molecule is COc1cccc(-c2cc(F)c(C3CS(=O)(=O)C(C)C(=N)N3)s2)c1. The molecule has 128 valence electrons. The Morgan fingerprint density at radius 1 is 1.38 bits per heavy atom. The third-order valence-corrected chi connectivity index (χ3v) is 7.44. The van der Waals surface area contributed by atoms with Crippen LogP contribution in [0, 0.1) is 11.2 Å². The minimum atomic E-state index is -3.46. The molecule has 0 aliphatic carbocycles. The van der Waals surface area contributed by atoms with Crippen LogP contribution in [0.4, 0.5) is 4.39 Å². The van der Waals surface area contributed by atoms with E-state index in [0.29, 0.717) is 15.5 Å². The van der Waals surface area contributed by atoms with Crippen molar-refractivity contribution in [1.82, 2.24) is 5.32 Å². The highest BCUT2D eigenvalue weighted by molar-refractivity contribution is 7.92. The van der Waals surface area contributed by atoms with Crippen molar-refractivity contribution >= 4 is 27.0 Å². The molecule has 24 heavy (non-hydrogen) atoms. The van der Waals surface area contributed by atoms with Crippen molar-refractivity contribution in [2.24, 2.45) is 0 Å². The zero-order chi connectivity index (χ0) is 17.5. The number of ether oxygens (including phenoxy) is 1. The van der Waals surface area contributed by atoms with Gasteiger partial charge in [0.15, 0.2) is 9.84 Å². The molecule has 1 aliphatic rings. The maximum atomic E-state index is 14.4. The number of benzene rings is 1. The van der Waals surface area contributed by atoms with Gasteiger partial charge in [-0.3, -0.25) is 5.41 Å². The first-order chi connectivity index (χ1) is 11.3. The van der Waals surface area contributed by atoms with Crippen LogP contribution in [-0.4, -0.2) is 32.4 Å². The maximum Gasteiger partial charge on any atom is 0.162 e.